The molecule has 1 aromatic heterocycles. The lowest BCUT2D eigenvalue weighted by Gasteiger charge is -2.30. The Bertz CT molecular complexity index is 432. The van der Waals surface area contributed by atoms with Crippen LogP contribution in [0, 0.1) is 26.7 Å². The van der Waals surface area contributed by atoms with Crippen molar-refractivity contribution in [3.63, 3.8) is 0 Å². The smallest absolute Gasteiger partial charge is 0.188 e. The van der Waals surface area contributed by atoms with Crippen molar-refractivity contribution in [3.8, 4) is 0 Å². The van der Waals surface area contributed by atoms with E-state index in [9.17, 15) is 0 Å². The summed E-state index contributed by atoms with van der Waals surface area (Å²) in [5.41, 5.74) is 3.44. The van der Waals surface area contributed by atoms with E-state index in [1.807, 2.05) is 11.8 Å². The maximum absolute atomic E-state index is 4.63. The van der Waals surface area contributed by atoms with Crippen LogP contribution in [0.15, 0.2) is 5.16 Å². The van der Waals surface area contributed by atoms with Crippen LogP contribution in [0.4, 0.5) is 0 Å². The van der Waals surface area contributed by atoms with Gasteiger partial charge in [-0.25, -0.2) is 9.97 Å². The summed E-state index contributed by atoms with van der Waals surface area (Å²) in [5.74, 6) is 1.92. The summed E-state index contributed by atoms with van der Waals surface area (Å²) in [7, 11) is 0. The van der Waals surface area contributed by atoms with Crippen LogP contribution in [-0.4, -0.2) is 28.3 Å². The lowest BCUT2D eigenvalue weighted by molar-refractivity contribution is 0.288. The van der Waals surface area contributed by atoms with Gasteiger partial charge in [-0.05, 0) is 51.6 Å². The molecule has 0 spiro atoms. The first-order valence-electron chi connectivity index (χ1n) is 8.29. The summed E-state index contributed by atoms with van der Waals surface area (Å²) in [4.78, 5) is 9.27. The zero-order valence-corrected chi connectivity index (χ0v) is 14.7. The van der Waals surface area contributed by atoms with Crippen molar-refractivity contribution in [1.82, 2.24) is 15.3 Å². The Morgan fingerprint density at radius 1 is 1.10 bits per heavy atom. The lowest BCUT2D eigenvalue weighted by Crippen LogP contribution is -2.39. The molecular formula is C17H29N3S. The fourth-order valence-corrected chi connectivity index (χ4v) is 4.25. The molecule has 0 radical (unpaired) electrons. The maximum Gasteiger partial charge on any atom is 0.188 e. The highest BCUT2D eigenvalue weighted by Gasteiger charge is 2.23. The minimum Gasteiger partial charge on any atom is -0.313 e. The molecule has 2 rings (SSSR count). The van der Waals surface area contributed by atoms with E-state index in [2.05, 4.69) is 43.0 Å². The average molecular weight is 308 g/mol. The van der Waals surface area contributed by atoms with Gasteiger partial charge in [0.2, 0.25) is 0 Å². The van der Waals surface area contributed by atoms with E-state index in [4.69, 9.17) is 0 Å². The maximum atomic E-state index is 4.63. The second-order valence-corrected chi connectivity index (χ2v) is 7.16. The van der Waals surface area contributed by atoms with Gasteiger partial charge in [-0.15, -0.1) is 0 Å². The molecule has 0 bridgehead atoms. The molecule has 21 heavy (non-hydrogen) atoms. The molecule has 1 atom stereocenters. The van der Waals surface area contributed by atoms with Crippen molar-refractivity contribution in [2.24, 2.45) is 5.92 Å². The molecule has 0 saturated heterocycles. The lowest BCUT2D eigenvalue weighted by atomic mass is 9.84. The van der Waals surface area contributed by atoms with Gasteiger partial charge in [0.25, 0.3) is 0 Å². The quantitative estimate of drug-likeness (QED) is 0.635. The standard InChI is InChI=1S/C17H29N3S/c1-5-18-16(15-9-7-6-8-10-15)11-21-17-19-13(3)12(2)14(4)20-17/h15-16,18H,5-11H2,1-4H3. The topological polar surface area (TPSA) is 37.8 Å². The van der Waals surface area contributed by atoms with Crippen molar-refractivity contribution < 1.29 is 0 Å². The largest absolute Gasteiger partial charge is 0.313 e. The zero-order valence-electron chi connectivity index (χ0n) is 13.9. The number of rotatable bonds is 6. The monoisotopic (exact) mass is 307 g/mol. The van der Waals surface area contributed by atoms with E-state index < -0.39 is 0 Å². The normalized spacial score (nSPS) is 17.9. The van der Waals surface area contributed by atoms with Gasteiger partial charge in [0.15, 0.2) is 5.16 Å². The molecule has 1 fully saturated rings. The molecule has 0 aromatic carbocycles. The van der Waals surface area contributed by atoms with Crippen LogP contribution in [0.25, 0.3) is 0 Å². The first-order valence-corrected chi connectivity index (χ1v) is 9.28. The number of aromatic nitrogens is 2. The van der Waals surface area contributed by atoms with Crippen molar-refractivity contribution in [1.29, 1.82) is 0 Å². The highest BCUT2D eigenvalue weighted by atomic mass is 32.2. The van der Waals surface area contributed by atoms with Gasteiger partial charge in [0, 0.05) is 23.2 Å². The van der Waals surface area contributed by atoms with Crippen LogP contribution in [0.3, 0.4) is 0 Å². The van der Waals surface area contributed by atoms with Gasteiger partial charge in [-0.2, -0.15) is 0 Å². The van der Waals surface area contributed by atoms with Gasteiger partial charge in [-0.3, -0.25) is 0 Å². The molecule has 3 nitrogen and oxygen atoms in total. The zero-order chi connectivity index (χ0) is 15.2. The second kappa shape index (κ2) is 8.14. The summed E-state index contributed by atoms with van der Waals surface area (Å²) < 4.78 is 0. The summed E-state index contributed by atoms with van der Waals surface area (Å²) in [6.45, 7) is 9.52. The Morgan fingerprint density at radius 3 is 2.29 bits per heavy atom. The molecule has 1 heterocycles. The number of aryl methyl sites for hydroxylation is 2. The first-order chi connectivity index (χ1) is 10.1. The van der Waals surface area contributed by atoms with Crippen molar-refractivity contribution >= 4 is 11.8 Å². The van der Waals surface area contributed by atoms with E-state index in [0.29, 0.717) is 6.04 Å². The van der Waals surface area contributed by atoms with E-state index >= 15 is 0 Å². The Kier molecular flexibility index (Phi) is 6.49. The highest BCUT2D eigenvalue weighted by molar-refractivity contribution is 7.99. The Labute approximate surface area is 133 Å². The SMILES string of the molecule is CCNC(CSc1nc(C)c(C)c(C)n1)C1CCCCC1. The van der Waals surface area contributed by atoms with E-state index in [1.165, 1.54) is 37.7 Å². The fraction of sp³-hybridized carbons (Fsp3) is 0.765. The molecule has 4 heteroatoms. The number of nitrogens with zero attached hydrogens (tertiary/aromatic N) is 2. The predicted molar refractivity (Wildman–Crippen MR) is 91.0 cm³/mol. The summed E-state index contributed by atoms with van der Waals surface area (Å²) in [5, 5.41) is 4.63. The minimum atomic E-state index is 0.603. The van der Waals surface area contributed by atoms with Crippen LogP contribution < -0.4 is 5.32 Å². The summed E-state index contributed by atoms with van der Waals surface area (Å²) in [6, 6.07) is 0.603. The number of hydrogen-bond acceptors (Lipinski definition) is 4. The molecule has 1 aromatic rings. The van der Waals surface area contributed by atoms with Crippen molar-refractivity contribution in [3.05, 3.63) is 17.0 Å². The van der Waals surface area contributed by atoms with Gasteiger partial charge in [-0.1, -0.05) is 37.9 Å². The Balaban J connectivity index is 1.97. The third kappa shape index (κ3) is 4.68. The van der Waals surface area contributed by atoms with Crippen LogP contribution in [0.1, 0.15) is 56.0 Å². The number of nitrogens with one attached hydrogen (secondary N) is 1. The van der Waals surface area contributed by atoms with E-state index in [1.54, 1.807) is 0 Å². The molecule has 118 valence electrons. The predicted octanol–water partition coefficient (Wildman–Crippen LogP) is 4.05. The third-order valence-electron chi connectivity index (χ3n) is 4.69. The average Bonchev–Trinajstić information content (AvgIpc) is 2.49. The molecule has 1 aliphatic rings. The minimum absolute atomic E-state index is 0.603. The van der Waals surface area contributed by atoms with Crippen molar-refractivity contribution in [2.45, 2.75) is 71.0 Å². The molecular weight excluding hydrogens is 278 g/mol. The summed E-state index contributed by atoms with van der Waals surface area (Å²) >= 11 is 1.81. The molecule has 1 unspecified atom stereocenters. The fourth-order valence-electron chi connectivity index (χ4n) is 3.13. The van der Waals surface area contributed by atoms with Gasteiger partial charge in [0.1, 0.15) is 0 Å². The number of thioether (sulfide) groups is 1. The van der Waals surface area contributed by atoms with Crippen LogP contribution in [0.2, 0.25) is 0 Å². The molecule has 0 amide bonds. The third-order valence-corrected chi connectivity index (χ3v) is 5.66. The molecule has 1 aliphatic carbocycles. The van der Waals surface area contributed by atoms with Crippen LogP contribution in [0.5, 0.6) is 0 Å². The molecule has 0 aliphatic heterocycles. The van der Waals surface area contributed by atoms with Crippen LogP contribution >= 0.6 is 11.8 Å². The number of hydrogen-bond donors (Lipinski definition) is 1. The summed E-state index contributed by atoms with van der Waals surface area (Å²) in [6.07, 6.45) is 6.98. The first kappa shape index (κ1) is 16.8. The second-order valence-electron chi connectivity index (χ2n) is 6.18. The molecule has 1 N–H and O–H groups in total. The van der Waals surface area contributed by atoms with Gasteiger partial charge in [0.05, 0.1) is 0 Å². The van der Waals surface area contributed by atoms with E-state index in [0.717, 1.165) is 34.8 Å². The molecule has 1 saturated carbocycles. The van der Waals surface area contributed by atoms with Crippen LogP contribution in [-0.2, 0) is 0 Å². The Morgan fingerprint density at radius 2 is 1.71 bits per heavy atom. The van der Waals surface area contributed by atoms with Crippen molar-refractivity contribution in [2.75, 3.05) is 12.3 Å². The van der Waals surface area contributed by atoms with E-state index in [-0.39, 0.29) is 0 Å². The Hall–Kier alpha value is -0.610. The van der Waals surface area contributed by atoms with Gasteiger partial charge < -0.3 is 5.32 Å². The van der Waals surface area contributed by atoms with Gasteiger partial charge >= 0.3 is 0 Å². The highest BCUT2D eigenvalue weighted by Crippen LogP contribution is 2.29.